The molecule has 3 heteroatoms. The zero-order valence-electron chi connectivity index (χ0n) is 7.08. The molecule has 0 amide bonds. The topological polar surface area (TPSA) is 48.1 Å². The van der Waals surface area contributed by atoms with Crippen molar-refractivity contribution in [3.8, 4) is 0 Å². The standard InChI is InChI=1S/C9H12N2O.CH4/c1-3-7-4-5-8(6-12-2)11-9(7)10;/h3-5H,1,6H2,2H3,(H2,10,11);1H4. The van der Waals surface area contributed by atoms with Gasteiger partial charge in [-0.3, -0.25) is 0 Å². The third kappa shape index (κ3) is 2.87. The van der Waals surface area contributed by atoms with Crippen LogP contribution >= 0.6 is 0 Å². The molecule has 0 fully saturated rings. The van der Waals surface area contributed by atoms with Gasteiger partial charge in [-0.15, -0.1) is 0 Å². The van der Waals surface area contributed by atoms with Gasteiger partial charge in [-0.1, -0.05) is 20.1 Å². The summed E-state index contributed by atoms with van der Waals surface area (Å²) in [6.07, 6.45) is 1.68. The van der Waals surface area contributed by atoms with Crippen molar-refractivity contribution in [2.45, 2.75) is 14.0 Å². The van der Waals surface area contributed by atoms with Crippen LogP contribution in [0.2, 0.25) is 0 Å². The Balaban J connectivity index is 0.00000144. The smallest absolute Gasteiger partial charge is 0.131 e. The molecule has 1 heterocycles. The zero-order valence-corrected chi connectivity index (χ0v) is 7.08. The van der Waals surface area contributed by atoms with E-state index in [2.05, 4.69) is 11.6 Å². The van der Waals surface area contributed by atoms with E-state index < -0.39 is 0 Å². The number of nitrogens with zero attached hydrogens (tertiary/aromatic N) is 1. The van der Waals surface area contributed by atoms with E-state index in [-0.39, 0.29) is 7.43 Å². The molecule has 0 spiro atoms. The SMILES string of the molecule is C.C=Cc1ccc(COC)nc1N. The second-order valence-electron chi connectivity index (χ2n) is 2.41. The van der Waals surface area contributed by atoms with E-state index in [4.69, 9.17) is 10.5 Å². The van der Waals surface area contributed by atoms with E-state index in [1.165, 1.54) is 0 Å². The lowest BCUT2D eigenvalue weighted by molar-refractivity contribution is 0.181. The molecule has 0 saturated carbocycles. The molecular formula is C10H16N2O. The number of nitrogens with two attached hydrogens (primary N) is 1. The van der Waals surface area contributed by atoms with Gasteiger partial charge in [0.05, 0.1) is 12.3 Å². The second kappa shape index (κ2) is 5.32. The Morgan fingerprint density at radius 3 is 2.77 bits per heavy atom. The van der Waals surface area contributed by atoms with E-state index in [0.717, 1.165) is 11.3 Å². The first-order valence-electron chi connectivity index (χ1n) is 3.64. The molecule has 1 rings (SSSR count). The molecule has 0 radical (unpaired) electrons. The van der Waals surface area contributed by atoms with Gasteiger partial charge < -0.3 is 10.5 Å². The number of ether oxygens (including phenoxy) is 1. The van der Waals surface area contributed by atoms with E-state index in [9.17, 15) is 0 Å². The molecule has 3 nitrogen and oxygen atoms in total. The number of hydrogen-bond acceptors (Lipinski definition) is 3. The van der Waals surface area contributed by atoms with Crippen LogP contribution in [-0.2, 0) is 11.3 Å². The molecule has 0 aromatic carbocycles. The highest BCUT2D eigenvalue weighted by atomic mass is 16.5. The summed E-state index contributed by atoms with van der Waals surface area (Å²) in [5, 5.41) is 0. The summed E-state index contributed by atoms with van der Waals surface area (Å²) in [7, 11) is 1.62. The van der Waals surface area contributed by atoms with Crippen molar-refractivity contribution in [1.82, 2.24) is 4.98 Å². The molecular weight excluding hydrogens is 164 g/mol. The van der Waals surface area contributed by atoms with Crippen LogP contribution in [0.1, 0.15) is 18.7 Å². The van der Waals surface area contributed by atoms with Crippen molar-refractivity contribution < 1.29 is 4.74 Å². The fraction of sp³-hybridized carbons (Fsp3) is 0.300. The summed E-state index contributed by atoms with van der Waals surface area (Å²) in [4.78, 5) is 4.12. The molecule has 0 aliphatic heterocycles. The quantitative estimate of drug-likeness (QED) is 0.774. The Labute approximate surface area is 79.2 Å². The van der Waals surface area contributed by atoms with Gasteiger partial charge in [0.1, 0.15) is 5.82 Å². The molecule has 0 unspecified atom stereocenters. The Hall–Kier alpha value is -1.35. The minimum absolute atomic E-state index is 0. The largest absolute Gasteiger partial charge is 0.383 e. The van der Waals surface area contributed by atoms with Gasteiger partial charge in [-0.25, -0.2) is 4.98 Å². The van der Waals surface area contributed by atoms with Crippen LogP contribution in [0.5, 0.6) is 0 Å². The fourth-order valence-corrected chi connectivity index (χ4v) is 0.929. The van der Waals surface area contributed by atoms with E-state index in [1.807, 2.05) is 12.1 Å². The van der Waals surface area contributed by atoms with E-state index in [1.54, 1.807) is 13.2 Å². The maximum Gasteiger partial charge on any atom is 0.131 e. The summed E-state index contributed by atoms with van der Waals surface area (Å²) < 4.78 is 4.91. The molecule has 0 aliphatic carbocycles. The van der Waals surface area contributed by atoms with Crippen molar-refractivity contribution in [3.63, 3.8) is 0 Å². The predicted octanol–water partition coefficient (Wildman–Crippen LogP) is 2.09. The lowest BCUT2D eigenvalue weighted by atomic mass is 10.2. The minimum atomic E-state index is 0. The summed E-state index contributed by atoms with van der Waals surface area (Å²) in [5.74, 6) is 0.500. The van der Waals surface area contributed by atoms with Crippen molar-refractivity contribution in [1.29, 1.82) is 0 Å². The first kappa shape index (κ1) is 11.6. The van der Waals surface area contributed by atoms with Gasteiger partial charge in [0.25, 0.3) is 0 Å². The van der Waals surface area contributed by atoms with Gasteiger partial charge in [0, 0.05) is 12.7 Å². The van der Waals surface area contributed by atoms with Gasteiger partial charge >= 0.3 is 0 Å². The maximum atomic E-state index is 5.62. The molecule has 0 atom stereocenters. The average molecular weight is 180 g/mol. The van der Waals surface area contributed by atoms with Crippen LogP contribution in [0.25, 0.3) is 6.08 Å². The number of anilines is 1. The molecule has 13 heavy (non-hydrogen) atoms. The summed E-state index contributed by atoms with van der Waals surface area (Å²) in [6.45, 7) is 4.10. The fourth-order valence-electron chi connectivity index (χ4n) is 0.929. The third-order valence-corrected chi connectivity index (χ3v) is 1.53. The van der Waals surface area contributed by atoms with Gasteiger partial charge in [-0.2, -0.15) is 0 Å². The Morgan fingerprint density at radius 1 is 1.62 bits per heavy atom. The highest BCUT2D eigenvalue weighted by Gasteiger charge is 1.98. The van der Waals surface area contributed by atoms with Crippen molar-refractivity contribution >= 4 is 11.9 Å². The third-order valence-electron chi connectivity index (χ3n) is 1.53. The van der Waals surface area contributed by atoms with Crippen LogP contribution in [0.3, 0.4) is 0 Å². The highest BCUT2D eigenvalue weighted by molar-refractivity contribution is 5.59. The van der Waals surface area contributed by atoms with Crippen LogP contribution in [-0.4, -0.2) is 12.1 Å². The number of methoxy groups -OCH3 is 1. The van der Waals surface area contributed by atoms with Gasteiger partial charge in [0.2, 0.25) is 0 Å². The minimum Gasteiger partial charge on any atom is -0.383 e. The molecule has 2 N–H and O–H groups in total. The lowest BCUT2D eigenvalue weighted by Crippen LogP contribution is -1.98. The normalized spacial score (nSPS) is 9.00. The molecule has 0 saturated heterocycles. The van der Waals surface area contributed by atoms with Crippen LogP contribution in [0, 0.1) is 0 Å². The number of aromatic nitrogens is 1. The summed E-state index contributed by atoms with van der Waals surface area (Å²) in [5.41, 5.74) is 7.31. The zero-order chi connectivity index (χ0) is 8.97. The van der Waals surface area contributed by atoms with Crippen molar-refractivity contribution in [2.24, 2.45) is 0 Å². The van der Waals surface area contributed by atoms with E-state index >= 15 is 0 Å². The molecule has 1 aromatic heterocycles. The van der Waals surface area contributed by atoms with Crippen molar-refractivity contribution in [2.75, 3.05) is 12.8 Å². The number of pyridine rings is 1. The van der Waals surface area contributed by atoms with Crippen molar-refractivity contribution in [3.05, 3.63) is 30.0 Å². The lowest BCUT2D eigenvalue weighted by Gasteiger charge is -2.02. The molecule has 72 valence electrons. The van der Waals surface area contributed by atoms with Crippen LogP contribution < -0.4 is 5.73 Å². The first-order chi connectivity index (χ1) is 5.77. The molecule has 0 aliphatic rings. The molecule has 1 aromatic rings. The van der Waals surface area contributed by atoms with E-state index in [0.29, 0.717) is 12.4 Å². The van der Waals surface area contributed by atoms with Gasteiger partial charge in [-0.05, 0) is 12.1 Å². The Kier molecular flexibility index (Phi) is 4.77. The Bertz CT molecular complexity index is 284. The first-order valence-corrected chi connectivity index (χ1v) is 3.64. The van der Waals surface area contributed by atoms with Gasteiger partial charge in [0.15, 0.2) is 0 Å². The number of hydrogen-bond donors (Lipinski definition) is 1. The molecule has 0 bridgehead atoms. The Morgan fingerprint density at radius 2 is 2.31 bits per heavy atom. The summed E-state index contributed by atoms with van der Waals surface area (Å²) >= 11 is 0. The predicted molar refractivity (Wildman–Crippen MR) is 56.2 cm³/mol. The summed E-state index contributed by atoms with van der Waals surface area (Å²) in [6, 6.07) is 3.75. The second-order valence-corrected chi connectivity index (χ2v) is 2.41. The average Bonchev–Trinajstić information content (AvgIpc) is 2.05. The van der Waals surface area contributed by atoms with Crippen LogP contribution in [0.4, 0.5) is 5.82 Å². The monoisotopic (exact) mass is 180 g/mol. The number of rotatable bonds is 3. The highest BCUT2D eigenvalue weighted by Crippen LogP contribution is 2.11. The number of nitrogen functional groups attached to an aromatic ring is 1. The maximum absolute atomic E-state index is 5.62. The van der Waals surface area contributed by atoms with Crippen LogP contribution in [0.15, 0.2) is 18.7 Å².